The van der Waals surface area contributed by atoms with Gasteiger partial charge in [0.1, 0.15) is 5.75 Å². The molecule has 2 aromatic rings. The number of anilines is 1. The van der Waals surface area contributed by atoms with Gasteiger partial charge < -0.3 is 10.4 Å². The molecule has 0 aliphatic heterocycles. The molecule has 1 unspecified atom stereocenters. The molecule has 3 nitrogen and oxygen atoms in total. The zero-order chi connectivity index (χ0) is 16.3. The van der Waals surface area contributed by atoms with Crippen LogP contribution in [0.25, 0.3) is 0 Å². The topological polar surface area (TPSA) is 35.5 Å². The second-order valence-corrected chi connectivity index (χ2v) is 6.75. The fourth-order valence-electron chi connectivity index (χ4n) is 3.87. The van der Waals surface area contributed by atoms with Gasteiger partial charge in [0.05, 0.1) is 5.69 Å². The van der Waals surface area contributed by atoms with Crippen LogP contribution in [0.15, 0.2) is 54.6 Å². The molecule has 1 aliphatic carbocycles. The van der Waals surface area contributed by atoms with E-state index in [1.54, 1.807) is 6.07 Å². The minimum atomic E-state index is 0.0571. The number of para-hydroxylation sites is 2. The monoisotopic (exact) mass is 310 g/mol. The molecule has 2 N–H and O–H groups in total. The van der Waals surface area contributed by atoms with E-state index in [0.29, 0.717) is 11.8 Å². The third-order valence-corrected chi connectivity index (χ3v) is 5.16. The summed E-state index contributed by atoms with van der Waals surface area (Å²) in [6, 6.07) is 18.7. The second kappa shape index (κ2) is 6.63. The van der Waals surface area contributed by atoms with Crippen molar-refractivity contribution >= 4 is 5.69 Å². The molecule has 0 bridgehead atoms. The maximum absolute atomic E-state index is 10.0. The highest BCUT2D eigenvalue weighted by Crippen LogP contribution is 2.42. The van der Waals surface area contributed by atoms with Crippen LogP contribution in [0.5, 0.6) is 5.75 Å². The van der Waals surface area contributed by atoms with Gasteiger partial charge in [0.2, 0.25) is 0 Å². The highest BCUT2D eigenvalue weighted by Gasteiger charge is 2.39. The lowest BCUT2D eigenvalue weighted by Gasteiger charge is -2.46. The molecule has 0 amide bonds. The molecule has 0 heterocycles. The minimum absolute atomic E-state index is 0.0571. The first kappa shape index (κ1) is 15.9. The van der Waals surface area contributed by atoms with Crippen molar-refractivity contribution in [2.45, 2.75) is 37.3 Å². The lowest BCUT2D eigenvalue weighted by atomic mass is 9.73. The van der Waals surface area contributed by atoms with Crippen LogP contribution in [0, 0.1) is 0 Å². The van der Waals surface area contributed by atoms with Crippen molar-refractivity contribution in [1.29, 1.82) is 0 Å². The Kier molecular flexibility index (Phi) is 4.58. The smallest absolute Gasteiger partial charge is 0.138 e. The Labute approximate surface area is 139 Å². The molecule has 2 aromatic carbocycles. The molecule has 0 radical (unpaired) electrons. The van der Waals surface area contributed by atoms with E-state index >= 15 is 0 Å². The van der Waals surface area contributed by atoms with Gasteiger partial charge in [-0.05, 0) is 57.5 Å². The number of phenolic OH excluding ortho intramolecular Hbond substituents is 1. The van der Waals surface area contributed by atoms with Crippen molar-refractivity contribution in [1.82, 2.24) is 4.90 Å². The highest BCUT2D eigenvalue weighted by atomic mass is 16.3. The summed E-state index contributed by atoms with van der Waals surface area (Å²) < 4.78 is 0. The average Bonchev–Trinajstić information content (AvgIpc) is 2.58. The lowest BCUT2D eigenvalue weighted by Crippen LogP contribution is -2.48. The summed E-state index contributed by atoms with van der Waals surface area (Å²) in [5.41, 5.74) is 2.27. The maximum atomic E-state index is 10.0. The molecule has 1 aliphatic rings. The highest BCUT2D eigenvalue weighted by molar-refractivity contribution is 5.56. The molecule has 0 saturated heterocycles. The molecule has 2 atom stereocenters. The van der Waals surface area contributed by atoms with E-state index < -0.39 is 0 Å². The van der Waals surface area contributed by atoms with Gasteiger partial charge in [0.25, 0.3) is 0 Å². The van der Waals surface area contributed by atoms with Gasteiger partial charge in [0, 0.05) is 11.6 Å². The van der Waals surface area contributed by atoms with Crippen molar-refractivity contribution in [3.8, 4) is 5.75 Å². The summed E-state index contributed by atoms with van der Waals surface area (Å²) >= 11 is 0. The molecule has 3 rings (SSSR count). The molecule has 122 valence electrons. The minimum Gasteiger partial charge on any atom is -0.506 e. The molecule has 3 heteroatoms. The fourth-order valence-corrected chi connectivity index (χ4v) is 3.87. The first-order valence-corrected chi connectivity index (χ1v) is 8.39. The summed E-state index contributed by atoms with van der Waals surface area (Å²) in [6.07, 6.45) is 4.52. The Morgan fingerprint density at radius 2 is 1.74 bits per heavy atom. The van der Waals surface area contributed by atoms with Crippen LogP contribution in [-0.2, 0) is 5.54 Å². The first-order chi connectivity index (χ1) is 11.1. The number of rotatable bonds is 4. The fraction of sp³-hybridized carbons (Fsp3) is 0.400. The molecular formula is C20H26N2O. The van der Waals surface area contributed by atoms with Crippen LogP contribution in [0.3, 0.4) is 0 Å². The van der Waals surface area contributed by atoms with Crippen molar-refractivity contribution in [2.24, 2.45) is 0 Å². The number of benzene rings is 2. The van der Waals surface area contributed by atoms with Gasteiger partial charge in [-0.25, -0.2) is 0 Å². The van der Waals surface area contributed by atoms with Gasteiger partial charge in [-0.1, -0.05) is 42.5 Å². The summed E-state index contributed by atoms with van der Waals surface area (Å²) in [7, 11) is 4.35. The van der Waals surface area contributed by atoms with E-state index in [4.69, 9.17) is 0 Å². The van der Waals surface area contributed by atoms with Gasteiger partial charge in [-0.2, -0.15) is 0 Å². The van der Waals surface area contributed by atoms with Gasteiger partial charge >= 0.3 is 0 Å². The van der Waals surface area contributed by atoms with Gasteiger partial charge in [-0.15, -0.1) is 0 Å². The van der Waals surface area contributed by atoms with E-state index in [1.807, 2.05) is 18.2 Å². The molecule has 0 aromatic heterocycles. The Hall–Kier alpha value is -2.00. The predicted octanol–water partition coefficient (Wildman–Crippen LogP) is 4.20. The number of hydrogen-bond acceptors (Lipinski definition) is 3. The lowest BCUT2D eigenvalue weighted by molar-refractivity contribution is 0.0925. The number of nitrogens with zero attached hydrogens (tertiary/aromatic N) is 1. The zero-order valence-electron chi connectivity index (χ0n) is 14.0. The Balaban J connectivity index is 1.85. The molecule has 0 spiro atoms. The van der Waals surface area contributed by atoms with Crippen LogP contribution in [-0.4, -0.2) is 30.1 Å². The molecule has 1 saturated carbocycles. The standard InChI is InChI=1S/C20H26N2O/c1-22(2)20(16-9-4-3-5-10-16)14-8-11-17(15-20)21-18-12-6-7-13-19(18)23/h3-7,9-10,12-13,17,21,23H,8,11,14-15H2,1-2H3/t17-,20?/m1/s1. The normalized spacial score (nSPS) is 24.6. The zero-order valence-corrected chi connectivity index (χ0v) is 14.0. The Bertz CT molecular complexity index is 641. The molecule has 1 fully saturated rings. The van der Waals surface area contributed by atoms with E-state index in [0.717, 1.165) is 18.5 Å². The van der Waals surface area contributed by atoms with Gasteiger partial charge in [0.15, 0.2) is 0 Å². The Morgan fingerprint density at radius 1 is 1.04 bits per heavy atom. The third-order valence-electron chi connectivity index (χ3n) is 5.16. The van der Waals surface area contributed by atoms with Crippen LogP contribution in [0.4, 0.5) is 5.69 Å². The van der Waals surface area contributed by atoms with Crippen LogP contribution in [0.1, 0.15) is 31.2 Å². The molecule has 23 heavy (non-hydrogen) atoms. The third kappa shape index (κ3) is 3.20. The van der Waals surface area contributed by atoms with Gasteiger partial charge in [-0.3, -0.25) is 4.90 Å². The summed E-state index contributed by atoms with van der Waals surface area (Å²) in [5, 5.41) is 13.6. The summed E-state index contributed by atoms with van der Waals surface area (Å²) in [4.78, 5) is 2.36. The van der Waals surface area contributed by atoms with E-state index in [1.165, 1.54) is 18.4 Å². The van der Waals surface area contributed by atoms with E-state index in [2.05, 4.69) is 54.6 Å². The number of aromatic hydroxyl groups is 1. The second-order valence-electron chi connectivity index (χ2n) is 6.75. The largest absolute Gasteiger partial charge is 0.506 e. The first-order valence-electron chi connectivity index (χ1n) is 8.39. The Morgan fingerprint density at radius 3 is 2.43 bits per heavy atom. The summed E-state index contributed by atoms with van der Waals surface area (Å²) in [5.74, 6) is 0.327. The van der Waals surface area contributed by atoms with Crippen LogP contribution in [0.2, 0.25) is 0 Å². The average molecular weight is 310 g/mol. The van der Waals surface area contributed by atoms with Crippen molar-refractivity contribution < 1.29 is 5.11 Å². The number of phenols is 1. The maximum Gasteiger partial charge on any atom is 0.138 e. The van der Waals surface area contributed by atoms with E-state index in [-0.39, 0.29) is 5.54 Å². The summed E-state index contributed by atoms with van der Waals surface area (Å²) in [6.45, 7) is 0. The SMILES string of the molecule is CN(C)C1(c2ccccc2)CCC[C@@H](Nc2ccccc2O)C1. The molecular weight excluding hydrogens is 284 g/mol. The van der Waals surface area contributed by atoms with Crippen LogP contribution >= 0.6 is 0 Å². The van der Waals surface area contributed by atoms with Crippen molar-refractivity contribution in [2.75, 3.05) is 19.4 Å². The quantitative estimate of drug-likeness (QED) is 0.831. The van der Waals surface area contributed by atoms with E-state index in [9.17, 15) is 5.11 Å². The van der Waals surface area contributed by atoms with Crippen molar-refractivity contribution in [3.63, 3.8) is 0 Å². The van der Waals surface area contributed by atoms with Crippen LogP contribution < -0.4 is 5.32 Å². The number of hydrogen-bond donors (Lipinski definition) is 2. The number of nitrogens with one attached hydrogen (secondary N) is 1. The van der Waals surface area contributed by atoms with Crippen molar-refractivity contribution in [3.05, 3.63) is 60.2 Å². The predicted molar refractivity (Wildman–Crippen MR) is 95.8 cm³/mol.